The molecular weight excluding hydrogens is 466 g/mol. The van der Waals surface area contributed by atoms with E-state index >= 15 is 0 Å². The second-order valence-electron chi connectivity index (χ2n) is 6.54. The van der Waals surface area contributed by atoms with Gasteiger partial charge in [-0.2, -0.15) is 4.31 Å². The number of carbonyl (C=O) groups is 1. The third kappa shape index (κ3) is 5.00. The third-order valence-corrected chi connectivity index (χ3v) is 9.02. The minimum atomic E-state index is -3.80. The Bertz CT molecular complexity index is 1050. The summed E-state index contributed by atoms with van der Waals surface area (Å²) in [6.07, 6.45) is 0. The number of amides is 1. The smallest absolute Gasteiger partial charge is 0.252 e. The van der Waals surface area contributed by atoms with E-state index in [0.29, 0.717) is 33.3 Å². The van der Waals surface area contributed by atoms with Crippen LogP contribution in [0, 0.1) is 0 Å². The average Bonchev–Trinajstić information content (AvgIpc) is 3.29. The first-order valence-corrected chi connectivity index (χ1v) is 12.8. The summed E-state index contributed by atoms with van der Waals surface area (Å²) < 4.78 is 32.6. The molecule has 11 heteroatoms. The molecule has 1 saturated heterocycles. The monoisotopic (exact) mass is 487 g/mol. The van der Waals surface area contributed by atoms with E-state index in [4.69, 9.17) is 16.3 Å². The van der Waals surface area contributed by atoms with Crippen LogP contribution in [-0.2, 0) is 14.8 Å². The molecule has 162 valence electrons. The Hall–Kier alpha value is -1.59. The molecule has 7 nitrogen and oxygen atoms in total. The Morgan fingerprint density at radius 2 is 2.07 bits per heavy atom. The molecule has 3 rings (SSSR count). The van der Waals surface area contributed by atoms with Gasteiger partial charge < -0.3 is 4.74 Å². The maximum atomic E-state index is 13.0. The van der Waals surface area contributed by atoms with Gasteiger partial charge in [-0.05, 0) is 38.1 Å². The van der Waals surface area contributed by atoms with Crippen molar-refractivity contribution in [1.29, 1.82) is 0 Å². The minimum absolute atomic E-state index is 0.103. The van der Waals surface area contributed by atoms with Crippen LogP contribution in [0.3, 0.4) is 0 Å². The fraction of sp³-hybridized carbons (Fsp3) is 0.368. The van der Waals surface area contributed by atoms with E-state index in [1.165, 1.54) is 30.9 Å². The normalized spacial score (nSPS) is 18.4. The highest BCUT2D eigenvalue weighted by molar-refractivity contribution is 8.14. The molecule has 1 unspecified atom stereocenters. The van der Waals surface area contributed by atoms with Gasteiger partial charge in [0.2, 0.25) is 5.91 Å². The number of hydrogen-bond acceptors (Lipinski definition) is 7. The van der Waals surface area contributed by atoms with Crippen molar-refractivity contribution in [2.75, 3.05) is 26.0 Å². The number of para-hydroxylation sites is 2. The second kappa shape index (κ2) is 9.69. The number of ether oxygens (including phenoxy) is 1. The van der Waals surface area contributed by atoms with Crippen LogP contribution in [0.5, 0.6) is 5.75 Å². The topological polar surface area (TPSA) is 79.3 Å². The molecule has 0 N–H and O–H groups in total. The molecule has 1 fully saturated rings. The maximum absolute atomic E-state index is 13.0. The molecular formula is C19H22ClN3O4S3. The summed E-state index contributed by atoms with van der Waals surface area (Å²) in [5, 5.41) is 0.532. The lowest BCUT2D eigenvalue weighted by Gasteiger charge is -2.24. The van der Waals surface area contributed by atoms with Gasteiger partial charge in [-0.25, -0.2) is 13.4 Å². The first-order chi connectivity index (χ1) is 14.2. The molecule has 0 saturated carbocycles. The van der Waals surface area contributed by atoms with Gasteiger partial charge in [-0.15, -0.1) is 11.3 Å². The number of halogens is 1. The molecule has 0 aliphatic carbocycles. The zero-order chi connectivity index (χ0) is 21.9. The van der Waals surface area contributed by atoms with Crippen LogP contribution >= 0.6 is 34.7 Å². The Morgan fingerprint density at radius 1 is 1.33 bits per heavy atom. The molecule has 1 atom stereocenters. The summed E-state index contributed by atoms with van der Waals surface area (Å²) in [6, 6.07) is 10.2. The zero-order valence-electron chi connectivity index (χ0n) is 16.7. The van der Waals surface area contributed by atoms with Crippen molar-refractivity contribution in [2.45, 2.75) is 24.1 Å². The van der Waals surface area contributed by atoms with Crippen molar-refractivity contribution in [2.24, 2.45) is 4.99 Å². The summed E-state index contributed by atoms with van der Waals surface area (Å²) >= 11 is 8.28. The number of thiophene rings is 1. The number of likely N-dealkylation sites (N-methyl/N-ethyl adjacent to an activating group) is 1. The van der Waals surface area contributed by atoms with Crippen LogP contribution in [0.1, 0.15) is 13.8 Å². The number of aliphatic imine (C=N–C) groups is 1. The van der Waals surface area contributed by atoms with Crippen molar-refractivity contribution >= 4 is 61.5 Å². The fourth-order valence-electron chi connectivity index (χ4n) is 2.84. The average molecular weight is 488 g/mol. The lowest BCUT2D eigenvalue weighted by atomic mass is 10.3. The van der Waals surface area contributed by atoms with Crippen molar-refractivity contribution in [3.63, 3.8) is 0 Å². The highest BCUT2D eigenvalue weighted by Gasteiger charge is 2.35. The molecule has 1 aliphatic rings. The Kier molecular flexibility index (Phi) is 7.46. The lowest BCUT2D eigenvalue weighted by Crippen LogP contribution is -2.44. The van der Waals surface area contributed by atoms with Gasteiger partial charge >= 0.3 is 0 Å². The SMILES string of the molecule is CCOc1ccccc1N=C1SCC(C)N1C(=O)CN(C)S(=O)(=O)c1ccc(Cl)s1. The Labute approximate surface area is 189 Å². The van der Waals surface area contributed by atoms with E-state index < -0.39 is 10.0 Å². The number of carbonyl (C=O) groups excluding carboxylic acids is 1. The Balaban J connectivity index is 1.82. The predicted octanol–water partition coefficient (Wildman–Crippen LogP) is 4.07. The molecule has 2 heterocycles. The molecule has 2 aromatic rings. The lowest BCUT2D eigenvalue weighted by molar-refractivity contribution is -0.128. The van der Waals surface area contributed by atoms with Gasteiger partial charge in [0, 0.05) is 18.8 Å². The summed E-state index contributed by atoms with van der Waals surface area (Å²) in [6.45, 7) is 4.01. The van der Waals surface area contributed by atoms with Gasteiger partial charge in [0.15, 0.2) is 5.17 Å². The molecule has 1 aromatic carbocycles. The molecule has 1 aromatic heterocycles. The van der Waals surface area contributed by atoms with E-state index in [-0.39, 0.29) is 22.7 Å². The Morgan fingerprint density at radius 3 is 2.73 bits per heavy atom. The number of amidine groups is 1. The van der Waals surface area contributed by atoms with Crippen LogP contribution in [-0.4, -0.2) is 60.7 Å². The van der Waals surface area contributed by atoms with E-state index in [0.717, 1.165) is 15.6 Å². The van der Waals surface area contributed by atoms with Gasteiger partial charge in [0.25, 0.3) is 10.0 Å². The van der Waals surface area contributed by atoms with Crippen LogP contribution in [0.2, 0.25) is 4.34 Å². The number of hydrogen-bond donors (Lipinski definition) is 0. The standard InChI is InChI=1S/C19H22ClN3O4S3/c1-4-27-15-8-6-5-7-14(15)21-19-23(13(2)12-28-19)17(24)11-22(3)30(25,26)18-10-9-16(20)29-18/h5-10,13H,4,11-12H2,1-3H3. The van der Waals surface area contributed by atoms with Crippen LogP contribution in [0.15, 0.2) is 45.6 Å². The van der Waals surface area contributed by atoms with Crippen LogP contribution in [0.25, 0.3) is 0 Å². The zero-order valence-corrected chi connectivity index (χ0v) is 19.9. The number of rotatable bonds is 7. The number of sulfonamides is 1. The van der Waals surface area contributed by atoms with Crippen molar-refractivity contribution < 1.29 is 17.9 Å². The first kappa shape index (κ1) is 23.1. The quantitative estimate of drug-likeness (QED) is 0.588. The van der Waals surface area contributed by atoms with Gasteiger partial charge in [0.1, 0.15) is 15.6 Å². The van der Waals surface area contributed by atoms with Crippen molar-refractivity contribution in [3.8, 4) is 5.75 Å². The number of thioether (sulfide) groups is 1. The number of nitrogens with zero attached hydrogens (tertiary/aromatic N) is 3. The van der Waals surface area contributed by atoms with Crippen molar-refractivity contribution in [3.05, 3.63) is 40.7 Å². The van der Waals surface area contributed by atoms with Crippen molar-refractivity contribution in [1.82, 2.24) is 9.21 Å². The van der Waals surface area contributed by atoms with Gasteiger partial charge in [0.05, 0.1) is 17.5 Å². The van der Waals surface area contributed by atoms with E-state index in [1.807, 2.05) is 38.1 Å². The molecule has 0 radical (unpaired) electrons. The van der Waals surface area contributed by atoms with Gasteiger partial charge in [-0.1, -0.05) is 35.5 Å². The van der Waals surface area contributed by atoms with Crippen LogP contribution in [0.4, 0.5) is 5.69 Å². The molecule has 1 amide bonds. The highest BCUT2D eigenvalue weighted by Crippen LogP contribution is 2.33. The highest BCUT2D eigenvalue weighted by atomic mass is 35.5. The summed E-state index contributed by atoms with van der Waals surface area (Å²) in [7, 11) is -2.41. The van der Waals surface area contributed by atoms with Gasteiger partial charge in [-0.3, -0.25) is 9.69 Å². The second-order valence-corrected chi connectivity index (χ2v) is 11.5. The van der Waals surface area contributed by atoms with Crippen LogP contribution < -0.4 is 4.74 Å². The molecule has 0 bridgehead atoms. The molecule has 30 heavy (non-hydrogen) atoms. The minimum Gasteiger partial charge on any atom is -0.492 e. The third-order valence-electron chi connectivity index (χ3n) is 4.32. The summed E-state index contributed by atoms with van der Waals surface area (Å²) in [4.78, 5) is 19.2. The largest absolute Gasteiger partial charge is 0.492 e. The van der Waals surface area contributed by atoms with E-state index in [1.54, 1.807) is 4.90 Å². The van der Waals surface area contributed by atoms with E-state index in [2.05, 4.69) is 4.99 Å². The molecule has 0 spiro atoms. The summed E-state index contributed by atoms with van der Waals surface area (Å²) in [5.41, 5.74) is 0.628. The first-order valence-electron chi connectivity index (χ1n) is 9.21. The summed E-state index contributed by atoms with van der Waals surface area (Å²) in [5.74, 6) is 0.974. The predicted molar refractivity (Wildman–Crippen MR) is 123 cm³/mol. The fourth-order valence-corrected chi connectivity index (χ4v) is 6.78. The maximum Gasteiger partial charge on any atom is 0.252 e. The molecule has 1 aliphatic heterocycles. The van der Waals surface area contributed by atoms with E-state index in [9.17, 15) is 13.2 Å². The number of benzene rings is 1.